The molecule has 1 aliphatic rings. The Labute approximate surface area is 198 Å². The molecule has 2 aromatic carbocycles. The summed E-state index contributed by atoms with van der Waals surface area (Å²) in [6.07, 6.45) is 4.83. The first-order chi connectivity index (χ1) is 17.2. The highest BCUT2D eigenvalue weighted by Gasteiger charge is 2.22. The van der Waals surface area contributed by atoms with Gasteiger partial charge in [-0.2, -0.15) is 5.10 Å². The highest BCUT2D eigenvalue weighted by molar-refractivity contribution is 5.80. The van der Waals surface area contributed by atoms with Crippen LogP contribution >= 0.6 is 0 Å². The Kier molecular flexibility index (Phi) is 5.11. The van der Waals surface area contributed by atoms with Crippen LogP contribution in [-0.4, -0.2) is 30.1 Å². The summed E-state index contributed by atoms with van der Waals surface area (Å²) in [7, 11) is 0. The monoisotopic (exact) mass is 465 g/mol. The zero-order valence-corrected chi connectivity index (χ0v) is 18.3. The molecule has 5 aromatic rings. The molecule has 0 bridgehead atoms. The lowest BCUT2D eigenvalue weighted by atomic mass is 10.1. The molecule has 0 saturated carbocycles. The molecule has 0 amide bonds. The van der Waals surface area contributed by atoms with Gasteiger partial charge in [0.1, 0.15) is 29.4 Å². The van der Waals surface area contributed by atoms with E-state index in [0.717, 1.165) is 11.1 Å². The molecule has 6 rings (SSSR count). The molecule has 35 heavy (non-hydrogen) atoms. The normalized spacial score (nSPS) is 12.5. The summed E-state index contributed by atoms with van der Waals surface area (Å²) >= 11 is 0. The quantitative estimate of drug-likeness (QED) is 0.399. The molecular formula is C26H17F2N7. The Hall–Kier alpha value is -4.71. The van der Waals surface area contributed by atoms with Crippen LogP contribution in [0.3, 0.4) is 0 Å². The average Bonchev–Trinajstić information content (AvgIpc) is 3.55. The summed E-state index contributed by atoms with van der Waals surface area (Å²) in [6, 6.07) is 12.2. The second-order valence-corrected chi connectivity index (χ2v) is 8.14. The van der Waals surface area contributed by atoms with Gasteiger partial charge >= 0.3 is 0 Å². The van der Waals surface area contributed by atoms with E-state index < -0.39 is 12.5 Å². The second kappa shape index (κ2) is 8.57. The van der Waals surface area contributed by atoms with E-state index in [1.807, 2.05) is 23.1 Å². The zero-order chi connectivity index (χ0) is 23.8. The van der Waals surface area contributed by atoms with Crippen molar-refractivity contribution in [2.45, 2.75) is 19.8 Å². The minimum atomic E-state index is -0.483. The number of alkyl halides is 1. The first-order valence-corrected chi connectivity index (χ1v) is 10.9. The number of aromatic nitrogens is 6. The van der Waals surface area contributed by atoms with Crippen LogP contribution in [0, 0.1) is 17.7 Å². The van der Waals surface area contributed by atoms with Crippen molar-refractivity contribution in [2.24, 2.45) is 0 Å². The minimum absolute atomic E-state index is 0.350. The van der Waals surface area contributed by atoms with Crippen LogP contribution in [0.25, 0.3) is 22.4 Å². The van der Waals surface area contributed by atoms with Gasteiger partial charge in [-0.15, -0.1) is 0 Å². The fourth-order valence-electron chi connectivity index (χ4n) is 4.07. The number of H-pyrrole nitrogens is 1. The van der Waals surface area contributed by atoms with Crippen LogP contribution in [0.4, 0.5) is 14.7 Å². The largest absolute Gasteiger partial charge is 0.332 e. The van der Waals surface area contributed by atoms with Crippen molar-refractivity contribution in [3.8, 4) is 23.4 Å². The van der Waals surface area contributed by atoms with Crippen LogP contribution in [0.15, 0.2) is 61.1 Å². The summed E-state index contributed by atoms with van der Waals surface area (Å²) < 4.78 is 27.2. The SMILES string of the molecule is FCc1ccc2c(c1)CN(c1nccc(-c3nccc(C#Cc4cc(F)c5[nH]ncc5c4)n3)n1)C2. The van der Waals surface area contributed by atoms with E-state index in [9.17, 15) is 8.78 Å². The number of hydrogen-bond acceptors (Lipinski definition) is 6. The van der Waals surface area contributed by atoms with Gasteiger partial charge in [0, 0.05) is 36.4 Å². The van der Waals surface area contributed by atoms with E-state index >= 15 is 0 Å². The molecule has 1 aliphatic heterocycles. The van der Waals surface area contributed by atoms with Crippen molar-refractivity contribution in [1.82, 2.24) is 30.1 Å². The molecule has 0 saturated heterocycles. The van der Waals surface area contributed by atoms with Gasteiger partial charge in [-0.25, -0.2) is 28.7 Å². The highest BCUT2D eigenvalue weighted by Crippen LogP contribution is 2.28. The molecule has 3 aromatic heterocycles. The smallest absolute Gasteiger partial charge is 0.226 e. The maximum absolute atomic E-state index is 14.2. The molecule has 0 atom stereocenters. The number of nitrogens with zero attached hydrogens (tertiary/aromatic N) is 6. The van der Waals surface area contributed by atoms with E-state index in [2.05, 4.69) is 42.0 Å². The van der Waals surface area contributed by atoms with Crippen LogP contribution in [0.2, 0.25) is 0 Å². The number of hydrogen-bond donors (Lipinski definition) is 1. The molecular weight excluding hydrogens is 448 g/mol. The Morgan fingerprint density at radius 1 is 0.943 bits per heavy atom. The fourth-order valence-corrected chi connectivity index (χ4v) is 4.07. The van der Waals surface area contributed by atoms with Gasteiger partial charge in [0.25, 0.3) is 0 Å². The number of halogens is 2. The Morgan fingerprint density at radius 2 is 1.83 bits per heavy atom. The number of anilines is 1. The van der Waals surface area contributed by atoms with Crippen LogP contribution in [0.1, 0.15) is 27.9 Å². The van der Waals surface area contributed by atoms with Crippen molar-refractivity contribution in [3.63, 3.8) is 0 Å². The summed E-state index contributed by atoms with van der Waals surface area (Å²) in [5.74, 6) is 6.46. The Bertz CT molecular complexity index is 1630. The predicted molar refractivity (Wildman–Crippen MR) is 126 cm³/mol. The number of aromatic amines is 1. The fraction of sp³-hybridized carbons (Fsp3) is 0.115. The van der Waals surface area contributed by atoms with Gasteiger partial charge in [0.15, 0.2) is 5.82 Å². The number of fused-ring (bicyclic) bond motifs is 2. The maximum atomic E-state index is 14.2. The molecule has 0 spiro atoms. The molecule has 0 fully saturated rings. The number of nitrogens with one attached hydrogen (secondary N) is 1. The third-order valence-corrected chi connectivity index (χ3v) is 5.79. The molecule has 0 unspecified atom stereocenters. The minimum Gasteiger partial charge on any atom is -0.332 e. The lowest BCUT2D eigenvalue weighted by Crippen LogP contribution is -2.17. The summed E-state index contributed by atoms with van der Waals surface area (Å²) in [6.45, 7) is 0.772. The third kappa shape index (κ3) is 4.06. The topological polar surface area (TPSA) is 83.5 Å². The van der Waals surface area contributed by atoms with Crippen LogP contribution in [0.5, 0.6) is 0 Å². The van der Waals surface area contributed by atoms with E-state index in [1.54, 1.807) is 36.8 Å². The van der Waals surface area contributed by atoms with E-state index in [1.165, 1.54) is 6.07 Å². The number of rotatable bonds is 3. The van der Waals surface area contributed by atoms with Gasteiger partial charge in [-0.1, -0.05) is 24.1 Å². The molecule has 170 valence electrons. The van der Waals surface area contributed by atoms with E-state index in [0.29, 0.717) is 58.3 Å². The lowest BCUT2D eigenvalue weighted by molar-refractivity contribution is 0.485. The zero-order valence-electron chi connectivity index (χ0n) is 18.3. The van der Waals surface area contributed by atoms with Gasteiger partial charge < -0.3 is 4.90 Å². The van der Waals surface area contributed by atoms with Gasteiger partial charge in [0.2, 0.25) is 5.95 Å². The second-order valence-electron chi connectivity index (χ2n) is 8.14. The summed E-state index contributed by atoms with van der Waals surface area (Å²) in [5.41, 5.74) is 4.79. The van der Waals surface area contributed by atoms with Gasteiger partial charge in [0.05, 0.1) is 6.20 Å². The third-order valence-electron chi connectivity index (χ3n) is 5.79. The van der Waals surface area contributed by atoms with Gasteiger partial charge in [-0.3, -0.25) is 5.10 Å². The maximum Gasteiger partial charge on any atom is 0.226 e. The first kappa shape index (κ1) is 20.9. The number of benzene rings is 2. The van der Waals surface area contributed by atoms with E-state index in [4.69, 9.17) is 0 Å². The molecule has 4 heterocycles. The molecule has 0 aliphatic carbocycles. The van der Waals surface area contributed by atoms with Crippen LogP contribution < -0.4 is 4.90 Å². The molecule has 0 radical (unpaired) electrons. The van der Waals surface area contributed by atoms with Crippen molar-refractivity contribution < 1.29 is 8.78 Å². The van der Waals surface area contributed by atoms with Crippen molar-refractivity contribution in [2.75, 3.05) is 4.90 Å². The molecule has 1 N–H and O–H groups in total. The highest BCUT2D eigenvalue weighted by atomic mass is 19.1. The Balaban J connectivity index is 1.26. The van der Waals surface area contributed by atoms with Gasteiger partial charge in [-0.05, 0) is 46.9 Å². The van der Waals surface area contributed by atoms with Crippen LogP contribution in [-0.2, 0) is 19.8 Å². The standard InChI is InChI=1S/C26H17F2N7/c27-12-17-1-3-18-14-35(15-20(18)10-17)26-30-8-6-23(33-26)25-29-7-5-21(32-25)4-2-16-9-19-13-31-34-24(19)22(28)11-16/h1,3,5-11,13H,12,14-15H2,(H,31,34). The summed E-state index contributed by atoms with van der Waals surface area (Å²) in [5, 5.41) is 7.13. The average molecular weight is 465 g/mol. The summed E-state index contributed by atoms with van der Waals surface area (Å²) in [4.78, 5) is 20.0. The Morgan fingerprint density at radius 3 is 2.74 bits per heavy atom. The van der Waals surface area contributed by atoms with Crippen molar-refractivity contribution >= 4 is 16.9 Å². The lowest BCUT2D eigenvalue weighted by Gasteiger charge is -2.15. The van der Waals surface area contributed by atoms with Crippen molar-refractivity contribution in [3.05, 3.63) is 94.8 Å². The van der Waals surface area contributed by atoms with E-state index in [-0.39, 0.29) is 0 Å². The van der Waals surface area contributed by atoms with Crippen molar-refractivity contribution in [1.29, 1.82) is 0 Å². The molecule has 7 nitrogen and oxygen atoms in total. The predicted octanol–water partition coefficient (Wildman–Crippen LogP) is 4.34. The molecule has 9 heteroatoms. The first-order valence-electron chi connectivity index (χ1n) is 10.9.